The Labute approximate surface area is 186 Å². The summed E-state index contributed by atoms with van der Waals surface area (Å²) in [4.78, 5) is 16.6. The first-order chi connectivity index (χ1) is 14.8. The minimum atomic E-state index is -3.79. The van der Waals surface area contributed by atoms with Crippen molar-refractivity contribution in [3.63, 3.8) is 0 Å². The molecule has 0 saturated carbocycles. The lowest BCUT2D eigenvalue weighted by Crippen LogP contribution is -2.31. The topological polar surface area (TPSA) is 97.2 Å². The summed E-state index contributed by atoms with van der Waals surface area (Å²) in [6.07, 6.45) is 3.06. The van der Waals surface area contributed by atoms with Gasteiger partial charge < -0.3 is 5.32 Å². The third-order valence-electron chi connectivity index (χ3n) is 4.94. The molecule has 1 aromatic heterocycles. The van der Waals surface area contributed by atoms with Gasteiger partial charge in [0.25, 0.3) is 5.91 Å². The van der Waals surface area contributed by atoms with Gasteiger partial charge in [0.15, 0.2) is 0 Å². The summed E-state index contributed by atoms with van der Waals surface area (Å²) in [7, 11) is -3.79. The van der Waals surface area contributed by atoms with E-state index in [0.29, 0.717) is 13.1 Å². The highest BCUT2D eigenvalue weighted by molar-refractivity contribution is 7.89. The summed E-state index contributed by atoms with van der Waals surface area (Å²) in [5.41, 5.74) is 1.96. The molecule has 164 valence electrons. The number of hydrogen-bond acceptors (Lipinski definition) is 5. The Bertz CT molecular complexity index is 1140. The fourth-order valence-electron chi connectivity index (χ4n) is 3.17. The molecule has 1 atom stereocenters. The third kappa shape index (κ3) is 4.95. The predicted molar refractivity (Wildman–Crippen MR) is 119 cm³/mol. The van der Waals surface area contributed by atoms with E-state index in [9.17, 15) is 13.2 Å². The average Bonchev–Trinajstić information content (AvgIpc) is 3.29. The molecule has 0 saturated heterocycles. The number of halogens is 1. The van der Waals surface area contributed by atoms with Gasteiger partial charge in [-0.15, -0.1) is 0 Å². The second-order valence-electron chi connectivity index (χ2n) is 6.86. The second kappa shape index (κ2) is 9.59. The van der Waals surface area contributed by atoms with Crippen LogP contribution in [-0.4, -0.2) is 46.5 Å². The first kappa shape index (κ1) is 22.9. The second-order valence-corrected chi connectivity index (χ2v) is 9.17. The maximum Gasteiger partial charge on any atom is 0.251 e. The number of rotatable bonds is 8. The number of hydrogen-bond donors (Lipinski definition) is 1. The van der Waals surface area contributed by atoms with E-state index in [0.717, 1.165) is 11.3 Å². The van der Waals surface area contributed by atoms with Gasteiger partial charge in [-0.05, 0) is 42.8 Å². The molecule has 2 aromatic carbocycles. The molecule has 0 radical (unpaired) electrons. The van der Waals surface area contributed by atoms with Crippen LogP contribution in [0.4, 0.5) is 0 Å². The molecule has 0 fully saturated rings. The van der Waals surface area contributed by atoms with Crippen LogP contribution < -0.4 is 5.32 Å². The van der Waals surface area contributed by atoms with Crippen molar-refractivity contribution in [3.05, 3.63) is 71.3 Å². The van der Waals surface area contributed by atoms with Gasteiger partial charge in [0.05, 0.1) is 16.8 Å². The van der Waals surface area contributed by atoms with Gasteiger partial charge >= 0.3 is 0 Å². The Morgan fingerprint density at radius 3 is 2.42 bits per heavy atom. The van der Waals surface area contributed by atoms with E-state index < -0.39 is 10.0 Å². The van der Waals surface area contributed by atoms with E-state index >= 15 is 0 Å². The van der Waals surface area contributed by atoms with Crippen molar-refractivity contribution in [2.45, 2.75) is 31.7 Å². The zero-order valence-electron chi connectivity index (χ0n) is 17.5. The highest BCUT2D eigenvalue weighted by atomic mass is 35.5. The molecular weight excluding hydrogens is 438 g/mol. The smallest absolute Gasteiger partial charge is 0.251 e. The molecule has 8 nitrogen and oxygen atoms in total. The number of aromatic nitrogens is 3. The van der Waals surface area contributed by atoms with E-state index in [1.165, 1.54) is 28.8 Å². The molecule has 0 bridgehead atoms. The number of benzene rings is 2. The third-order valence-corrected chi connectivity index (χ3v) is 7.47. The van der Waals surface area contributed by atoms with E-state index in [2.05, 4.69) is 15.4 Å². The number of carbonyl (C=O) groups is 1. The number of amides is 1. The van der Waals surface area contributed by atoms with Crippen molar-refractivity contribution in [1.29, 1.82) is 0 Å². The van der Waals surface area contributed by atoms with Crippen molar-refractivity contribution in [3.8, 4) is 5.69 Å². The SMILES string of the molecule is CCN(CC)S(=O)(=O)c1cc(C(=O)N[C@H](C)c2ccc(-n3cncn3)cc2)ccc1Cl. The fourth-order valence-corrected chi connectivity index (χ4v) is 5.12. The Balaban J connectivity index is 1.79. The molecule has 0 aliphatic heterocycles. The Hall–Kier alpha value is -2.75. The van der Waals surface area contributed by atoms with E-state index in [1.54, 1.807) is 24.9 Å². The lowest BCUT2D eigenvalue weighted by atomic mass is 10.1. The number of carbonyl (C=O) groups excluding carboxylic acids is 1. The van der Waals surface area contributed by atoms with Gasteiger partial charge in [-0.25, -0.2) is 18.1 Å². The largest absolute Gasteiger partial charge is 0.346 e. The maximum atomic E-state index is 12.9. The molecule has 0 aliphatic rings. The highest BCUT2D eigenvalue weighted by Crippen LogP contribution is 2.26. The highest BCUT2D eigenvalue weighted by Gasteiger charge is 2.26. The molecule has 3 aromatic rings. The van der Waals surface area contributed by atoms with Crippen molar-refractivity contribution < 1.29 is 13.2 Å². The van der Waals surface area contributed by atoms with Crippen LogP contribution in [0.2, 0.25) is 5.02 Å². The van der Waals surface area contributed by atoms with Crippen molar-refractivity contribution in [1.82, 2.24) is 24.4 Å². The first-order valence-electron chi connectivity index (χ1n) is 9.83. The van der Waals surface area contributed by atoms with Crippen LogP contribution >= 0.6 is 11.6 Å². The Morgan fingerprint density at radius 2 is 1.84 bits per heavy atom. The molecule has 3 rings (SSSR count). The molecule has 1 amide bonds. The lowest BCUT2D eigenvalue weighted by Gasteiger charge is -2.20. The zero-order valence-corrected chi connectivity index (χ0v) is 19.1. The summed E-state index contributed by atoms with van der Waals surface area (Å²) in [6.45, 7) is 5.98. The van der Waals surface area contributed by atoms with Gasteiger partial charge in [0.1, 0.15) is 17.6 Å². The molecule has 1 heterocycles. The van der Waals surface area contributed by atoms with Crippen LogP contribution in [0, 0.1) is 0 Å². The maximum absolute atomic E-state index is 12.9. The van der Waals surface area contributed by atoms with Crippen LogP contribution in [0.25, 0.3) is 5.69 Å². The summed E-state index contributed by atoms with van der Waals surface area (Å²) >= 11 is 6.15. The zero-order chi connectivity index (χ0) is 22.6. The average molecular weight is 462 g/mol. The number of nitrogens with zero attached hydrogens (tertiary/aromatic N) is 4. The normalized spacial score (nSPS) is 12.7. The number of nitrogens with one attached hydrogen (secondary N) is 1. The molecule has 0 unspecified atom stereocenters. The van der Waals surface area contributed by atoms with Crippen molar-refractivity contribution >= 4 is 27.5 Å². The predicted octanol–water partition coefficient (Wildman–Crippen LogP) is 3.44. The van der Waals surface area contributed by atoms with E-state index in [-0.39, 0.29) is 27.4 Å². The van der Waals surface area contributed by atoms with Crippen molar-refractivity contribution in [2.24, 2.45) is 0 Å². The monoisotopic (exact) mass is 461 g/mol. The lowest BCUT2D eigenvalue weighted by molar-refractivity contribution is 0.0939. The van der Waals surface area contributed by atoms with Crippen LogP contribution in [0.5, 0.6) is 0 Å². The van der Waals surface area contributed by atoms with E-state index in [1.807, 2.05) is 31.2 Å². The standard InChI is InChI=1S/C21H24ClN5O3S/c1-4-26(5-2)31(29,30)20-12-17(8-11-19(20)22)21(28)25-15(3)16-6-9-18(10-7-16)27-14-23-13-24-27/h6-15H,4-5H2,1-3H3,(H,25,28)/t15-/m1/s1. The fraction of sp³-hybridized carbons (Fsp3) is 0.286. The van der Waals surface area contributed by atoms with Crippen LogP contribution in [-0.2, 0) is 10.0 Å². The molecular formula is C21H24ClN5O3S. The first-order valence-corrected chi connectivity index (χ1v) is 11.6. The van der Waals surface area contributed by atoms with E-state index in [4.69, 9.17) is 11.6 Å². The Kier molecular flexibility index (Phi) is 7.09. The summed E-state index contributed by atoms with van der Waals surface area (Å²) in [5.74, 6) is -0.388. The van der Waals surface area contributed by atoms with Crippen molar-refractivity contribution in [2.75, 3.05) is 13.1 Å². The summed E-state index contributed by atoms with van der Waals surface area (Å²) in [6, 6.07) is 11.5. The molecule has 0 spiro atoms. The van der Waals surface area contributed by atoms with Gasteiger partial charge in [0, 0.05) is 18.7 Å². The summed E-state index contributed by atoms with van der Waals surface area (Å²) in [5, 5.41) is 7.06. The minimum Gasteiger partial charge on any atom is -0.346 e. The van der Waals surface area contributed by atoms with Crippen LogP contribution in [0.3, 0.4) is 0 Å². The van der Waals surface area contributed by atoms with Gasteiger partial charge in [-0.3, -0.25) is 4.79 Å². The number of sulfonamides is 1. The van der Waals surface area contributed by atoms with Gasteiger partial charge in [0.2, 0.25) is 10.0 Å². The Morgan fingerprint density at radius 1 is 1.16 bits per heavy atom. The van der Waals surface area contributed by atoms with Crippen LogP contribution in [0.1, 0.15) is 42.7 Å². The molecule has 1 N–H and O–H groups in total. The molecule has 10 heteroatoms. The summed E-state index contributed by atoms with van der Waals surface area (Å²) < 4.78 is 28.7. The van der Waals surface area contributed by atoms with Gasteiger partial charge in [-0.1, -0.05) is 37.6 Å². The molecule has 0 aliphatic carbocycles. The van der Waals surface area contributed by atoms with Crippen LogP contribution in [0.15, 0.2) is 60.0 Å². The quantitative estimate of drug-likeness (QED) is 0.554. The molecule has 31 heavy (non-hydrogen) atoms. The van der Waals surface area contributed by atoms with Gasteiger partial charge in [-0.2, -0.15) is 9.40 Å². The minimum absolute atomic E-state index is 0.0737.